The van der Waals surface area contributed by atoms with Crippen LogP contribution in [0.1, 0.15) is 16.7 Å². The lowest BCUT2D eigenvalue weighted by atomic mass is 10.1. The Balaban J connectivity index is 1.77. The summed E-state index contributed by atoms with van der Waals surface area (Å²) < 4.78 is 5.53. The first kappa shape index (κ1) is 17.5. The largest absolute Gasteiger partial charge is 0.491 e. The molecule has 1 N–H and O–H groups in total. The van der Waals surface area contributed by atoms with Crippen molar-refractivity contribution in [2.45, 2.75) is 12.6 Å². The second-order valence-corrected chi connectivity index (χ2v) is 5.61. The molecule has 0 aliphatic carbocycles. The predicted molar refractivity (Wildman–Crippen MR) is 90.1 cm³/mol. The first-order valence-electron chi connectivity index (χ1n) is 7.59. The van der Waals surface area contributed by atoms with Crippen molar-refractivity contribution in [1.82, 2.24) is 4.90 Å². The smallest absolute Gasteiger partial charge is 0.119 e. The van der Waals surface area contributed by atoms with Gasteiger partial charge in [-0.25, -0.2) is 0 Å². The van der Waals surface area contributed by atoms with Gasteiger partial charge in [-0.1, -0.05) is 12.1 Å². The summed E-state index contributed by atoms with van der Waals surface area (Å²) in [6, 6.07) is 18.3. The molecule has 2 aromatic carbocycles. The molecule has 1 unspecified atom stereocenters. The number of aliphatic hydroxyl groups excluding tert-OH is 1. The highest BCUT2D eigenvalue weighted by Crippen LogP contribution is 2.12. The van der Waals surface area contributed by atoms with Gasteiger partial charge in [-0.05, 0) is 49.0 Å². The molecule has 0 aliphatic rings. The number of hydrogen-bond donors (Lipinski definition) is 1. The molecule has 0 heterocycles. The van der Waals surface area contributed by atoms with E-state index in [0.717, 1.165) is 5.56 Å². The Kier molecular flexibility index (Phi) is 6.33. The number of benzene rings is 2. The normalized spacial score (nSPS) is 11.5. The van der Waals surface area contributed by atoms with Crippen molar-refractivity contribution < 1.29 is 9.84 Å². The molecule has 0 bridgehead atoms. The first-order chi connectivity index (χ1) is 11.6. The molecule has 2 aromatic rings. The summed E-state index contributed by atoms with van der Waals surface area (Å²) in [5.41, 5.74) is 2.29. The maximum atomic E-state index is 10.1. The zero-order valence-corrected chi connectivity index (χ0v) is 13.5. The van der Waals surface area contributed by atoms with Crippen LogP contribution in [0.3, 0.4) is 0 Å². The fourth-order valence-electron chi connectivity index (χ4n) is 2.29. The van der Waals surface area contributed by atoms with E-state index in [4.69, 9.17) is 15.3 Å². The van der Waals surface area contributed by atoms with E-state index >= 15 is 0 Å². The molecule has 0 aliphatic heterocycles. The number of ether oxygens (including phenoxy) is 1. The van der Waals surface area contributed by atoms with Crippen LogP contribution in [0, 0.1) is 22.7 Å². The monoisotopic (exact) mass is 321 g/mol. The Hall–Kier alpha value is -2.86. The zero-order valence-electron chi connectivity index (χ0n) is 13.5. The van der Waals surface area contributed by atoms with Gasteiger partial charge in [0.2, 0.25) is 0 Å². The molecule has 2 rings (SSSR count). The van der Waals surface area contributed by atoms with Gasteiger partial charge in [0.15, 0.2) is 0 Å². The summed E-state index contributed by atoms with van der Waals surface area (Å²) >= 11 is 0. The highest BCUT2D eigenvalue weighted by Gasteiger charge is 2.10. The zero-order chi connectivity index (χ0) is 17.4. The lowest BCUT2D eigenvalue weighted by molar-refractivity contribution is 0.0744. The van der Waals surface area contributed by atoms with Crippen LogP contribution in [-0.2, 0) is 6.54 Å². The highest BCUT2D eigenvalue weighted by atomic mass is 16.5. The molecule has 0 saturated carbocycles. The van der Waals surface area contributed by atoms with Crippen LogP contribution in [0.15, 0.2) is 48.5 Å². The summed E-state index contributed by atoms with van der Waals surface area (Å²) in [7, 11) is 1.92. The minimum atomic E-state index is -0.621. The number of aliphatic hydroxyl groups is 1. The second-order valence-electron chi connectivity index (χ2n) is 5.61. The Morgan fingerprint density at radius 1 is 1.00 bits per heavy atom. The Labute approximate surface area is 141 Å². The first-order valence-corrected chi connectivity index (χ1v) is 7.59. The van der Waals surface area contributed by atoms with E-state index in [9.17, 15) is 5.11 Å². The summed E-state index contributed by atoms with van der Waals surface area (Å²) in [5.74, 6) is 0.628. The van der Waals surface area contributed by atoms with Crippen LogP contribution in [0.2, 0.25) is 0 Å². The van der Waals surface area contributed by atoms with E-state index in [1.165, 1.54) is 0 Å². The van der Waals surface area contributed by atoms with Crippen molar-refractivity contribution in [3.63, 3.8) is 0 Å². The number of nitriles is 2. The minimum absolute atomic E-state index is 0.184. The van der Waals surface area contributed by atoms with Crippen LogP contribution in [-0.4, -0.2) is 36.3 Å². The average molecular weight is 321 g/mol. The standard InChI is InChI=1S/C19H19N3O2/c1-22(12-17-4-2-15(10-20)3-5-17)13-18(23)14-24-19-8-6-16(11-21)7-9-19/h2-9,18,23H,12-14H2,1H3. The molecular weight excluding hydrogens is 302 g/mol. The average Bonchev–Trinajstić information content (AvgIpc) is 2.61. The van der Waals surface area contributed by atoms with Gasteiger partial charge in [0.25, 0.3) is 0 Å². The molecule has 5 heteroatoms. The molecular formula is C19H19N3O2. The number of hydrogen-bond acceptors (Lipinski definition) is 5. The van der Waals surface area contributed by atoms with Crippen molar-refractivity contribution in [3.05, 3.63) is 65.2 Å². The Morgan fingerprint density at radius 2 is 1.54 bits per heavy atom. The van der Waals surface area contributed by atoms with Gasteiger partial charge in [-0.3, -0.25) is 4.90 Å². The van der Waals surface area contributed by atoms with Gasteiger partial charge in [-0.2, -0.15) is 10.5 Å². The maximum absolute atomic E-state index is 10.1. The molecule has 0 radical (unpaired) electrons. The highest BCUT2D eigenvalue weighted by molar-refractivity contribution is 5.34. The van der Waals surface area contributed by atoms with Crippen molar-refractivity contribution in [1.29, 1.82) is 10.5 Å². The van der Waals surface area contributed by atoms with Gasteiger partial charge in [0.1, 0.15) is 18.5 Å². The minimum Gasteiger partial charge on any atom is -0.491 e. The maximum Gasteiger partial charge on any atom is 0.119 e. The van der Waals surface area contributed by atoms with Gasteiger partial charge in [0.05, 0.1) is 23.3 Å². The van der Waals surface area contributed by atoms with E-state index < -0.39 is 6.10 Å². The summed E-state index contributed by atoms with van der Waals surface area (Å²) in [6.45, 7) is 1.33. The van der Waals surface area contributed by atoms with Crippen molar-refractivity contribution >= 4 is 0 Å². The van der Waals surface area contributed by atoms with Crippen LogP contribution in [0.5, 0.6) is 5.75 Å². The molecule has 0 aromatic heterocycles. The Bertz CT molecular complexity index is 727. The van der Waals surface area contributed by atoms with Gasteiger partial charge in [-0.15, -0.1) is 0 Å². The molecule has 1 atom stereocenters. The van der Waals surface area contributed by atoms with E-state index in [1.54, 1.807) is 36.4 Å². The topological polar surface area (TPSA) is 80.3 Å². The molecule has 24 heavy (non-hydrogen) atoms. The van der Waals surface area contributed by atoms with Gasteiger partial charge in [0, 0.05) is 13.1 Å². The fourth-order valence-corrected chi connectivity index (χ4v) is 2.29. The van der Waals surface area contributed by atoms with E-state index in [1.807, 2.05) is 30.1 Å². The molecule has 5 nitrogen and oxygen atoms in total. The quantitative estimate of drug-likeness (QED) is 0.846. The summed E-state index contributed by atoms with van der Waals surface area (Å²) in [4.78, 5) is 1.99. The SMILES string of the molecule is CN(Cc1ccc(C#N)cc1)CC(O)COc1ccc(C#N)cc1. The molecule has 0 saturated heterocycles. The summed E-state index contributed by atoms with van der Waals surface area (Å²) in [6.07, 6.45) is -0.621. The van der Waals surface area contributed by atoms with E-state index in [-0.39, 0.29) is 6.61 Å². The van der Waals surface area contributed by atoms with Crippen LogP contribution < -0.4 is 4.74 Å². The molecule has 0 fully saturated rings. The van der Waals surface area contributed by atoms with Gasteiger partial charge >= 0.3 is 0 Å². The third kappa shape index (κ3) is 5.40. The lowest BCUT2D eigenvalue weighted by Gasteiger charge is -2.21. The Morgan fingerprint density at radius 3 is 2.08 bits per heavy atom. The molecule has 0 amide bonds. The third-order valence-electron chi connectivity index (χ3n) is 3.48. The lowest BCUT2D eigenvalue weighted by Crippen LogP contribution is -2.32. The summed E-state index contributed by atoms with van der Waals surface area (Å²) in [5, 5.41) is 27.6. The van der Waals surface area contributed by atoms with Crippen LogP contribution in [0.25, 0.3) is 0 Å². The number of likely N-dealkylation sites (N-methyl/N-ethyl adjacent to an activating group) is 1. The van der Waals surface area contributed by atoms with Gasteiger partial charge < -0.3 is 9.84 Å². The van der Waals surface area contributed by atoms with Crippen molar-refractivity contribution in [2.24, 2.45) is 0 Å². The number of rotatable bonds is 7. The van der Waals surface area contributed by atoms with Crippen LogP contribution >= 0.6 is 0 Å². The molecule has 122 valence electrons. The third-order valence-corrected chi connectivity index (χ3v) is 3.48. The van der Waals surface area contributed by atoms with Crippen molar-refractivity contribution in [3.8, 4) is 17.9 Å². The van der Waals surface area contributed by atoms with Crippen LogP contribution in [0.4, 0.5) is 0 Å². The van der Waals surface area contributed by atoms with Crippen molar-refractivity contribution in [2.75, 3.05) is 20.2 Å². The fraction of sp³-hybridized carbons (Fsp3) is 0.263. The van der Waals surface area contributed by atoms with E-state index in [0.29, 0.717) is 30.0 Å². The number of nitrogens with zero attached hydrogens (tertiary/aromatic N) is 3. The molecule has 0 spiro atoms. The second kappa shape index (κ2) is 8.69. The van der Waals surface area contributed by atoms with E-state index in [2.05, 4.69) is 6.07 Å². The predicted octanol–water partition coefficient (Wildman–Crippen LogP) is 2.30.